The molecule has 0 spiro atoms. The van der Waals surface area contributed by atoms with Crippen LogP contribution in [-0.2, 0) is 10.0 Å². The summed E-state index contributed by atoms with van der Waals surface area (Å²) in [5.74, 6) is 0. The molecule has 3 heterocycles. The van der Waals surface area contributed by atoms with Gasteiger partial charge in [0.1, 0.15) is 6.20 Å². The zero-order valence-electron chi connectivity index (χ0n) is 16.1. The highest BCUT2D eigenvalue weighted by molar-refractivity contribution is 7.90. The van der Waals surface area contributed by atoms with Crippen LogP contribution in [0.1, 0.15) is 12.1 Å². The van der Waals surface area contributed by atoms with Gasteiger partial charge in [-0.25, -0.2) is 0 Å². The minimum absolute atomic E-state index is 0.0247. The van der Waals surface area contributed by atoms with E-state index in [2.05, 4.69) is 21.2 Å². The molecule has 2 aromatic carbocycles. The van der Waals surface area contributed by atoms with Gasteiger partial charge < -0.3 is 9.42 Å². The van der Waals surface area contributed by atoms with Crippen LogP contribution in [0.15, 0.2) is 69.0 Å². The predicted molar refractivity (Wildman–Crippen MR) is 113 cm³/mol. The third-order valence-electron chi connectivity index (χ3n) is 5.34. The van der Waals surface area contributed by atoms with Crippen LogP contribution in [0.4, 0.5) is 0 Å². The van der Waals surface area contributed by atoms with Crippen molar-refractivity contribution in [3.05, 3.63) is 70.7 Å². The van der Waals surface area contributed by atoms with E-state index in [9.17, 15) is 13.2 Å². The fraction of sp³-hybridized carbons (Fsp3) is 0.190. The number of likely N-dealkylation sites (N-methyl/N-ethyl adjacent to an activating group) is 1. The van der Waals surface area contributed by atoms with Gasteiger partial charge in [0.15, 0.2) is 5.58 Å². The second-order valence-corrected chi connectivity index (χ2v) is 9.07. The van der Waals surface area contributed by atoms with Gasteiger partial charge in [-0.3, -0.25) is 4.79 Å². The lowest BCUT2D eigenvalue weighted by Gasteiger charge is -2.21. The molecule has 0 bridgehead atoms. The molecule has 0 saturated heterocycles. The molecule has 1 aliphatic rings. The zero-order chi connectivity index (χ0) is 20.9. The van der Waals surface area contributed by atoms with E-state index in [4.69, 9.17) is 4.52 Å². The molecule has 1 aliphatic heterocycles. The predicted octanol–water partition coefficient (Wildman–Crippen LogP) is 2.49. The molecule has 0 amide bonds. The average molecular weight is 422 g/mol. The molecular formula is C21H18N4O4S. The molecule has 0 unspecified atom stereocenters. The molecular weight excluding hydrogens is 404 g/mol. The molecule has 0 saturated carbocycles. The van der Waals surface area contributed by atoms with E-state index in [-0.39, 0.29) is 21.3 Å². The van der Waals surface area contributed by atoms with Crippen molar-refractivity contribution in [1.82, 2.24) is 19.2 Å². The van der Waals surface area contributed by atoms with Gasteiger partial charge in [0.2, 0.25) is 5.43 Å². The second-order valence-electron chi connectivity index (χ2n) is 7.30. The molecule has 0 fully saturated rings. The Hall–Kier alpha value is -3.30. The summed E-state index contributed by atoms with van der Waals surface area (Å²) >= 11 is 0. The first-order valence-corrected chi connectivity index (χ1v) is 10.9. The Bertz CT molecular complexity index is 1480. The molecule has 152 valence electrons. The van der Waals surface area contributed by atoms with Gasteiger partial charge in [-0.1, -0.05) is 29.4 Å². The first kappa shape index (κ1) is 18.7. The maximum Gasteiger partial charge on any atom is 0.283 e. The fourth-order valence-corrected chi connectivity index (χ4v) is 4.99. The van der Waals surface area contributed by atoms with Crippen LogP contribution in [0.25, 0.3) is 27.4 Å². The van der Waals surface area contributed by atoms with Crippen molar-refractivity contribution in [3.63, 3.8) is 0 Å². The zero-order valence-corrected chi connectivity index (χ0v) is 17.0. The number of hydrogen-bond donors (Lipinski definition) is 0. The van der Waals surface area contributed by atoms with Crippen LogP contribution < -0.4 is 5.43 Å². The molecule has 0 atom stereocenters. The van der Waals surface area contributed by atoms with Gasteiger partial charge in [-0.15, -0.1) is 0 Å². The number of hydrogen-bond acceptors (Lipinski definition) is 7. The van der Waals surface area contributed by atoms with Crippen molar-refractivity contribution in [2.45, 2.75) is 11.3 Å². The highest BCUT2D eigenvalue weighted by atomic mass is 32.2. The SMILES string of the molecule is CN1CC=C(c2nn(S(=O)(=O)c3ccc4c(=O)cnoc4c3)c3ccccc23)CC1. The third-order valence-corrected chi connectivity index (χ3v) is 6.92. The summed E-state index contributed by atoms with van der Waals surface area (Å²) in [6, 6.07) is 11.4. The Balaban J connectivity index is 1.70. The topological polar surface area (TPSA) is 98.3 Å². The summed E-state index contributed by atoms with van der Waals surface area (Å²) in [6.07, 6.45) is 3.94. The van der Waals surface area contributed by atoms with Crippen molar-refractivity contribution >= 4 is 37.5 Å². The number of aromatic nitrogens is 3. The molecule has 30 heavy (non-hydrogen) atoms. The summed E-state index contributed by atoms with van der Waals surface area (Å²) in [4.78, 5) is 14.1. The summed E-state index contributed by atoms with van der Waals surface area (Å²) in [7, 11) is -1.98. The first-order valence-electron chi connectivity index (χ1n) is 9.45. The minimum Gasteiger partial charge on any atom is -0.356 e. The summed E-state index contributed by atoms with van der Waals surface area (Å²) in [5, 5.41) is 9.08. The molecule has 0 aliphatic carbocycles. The van der Waals surface area contributed by atoms with Crippen molar-refractivity contribution in [1.29, 1.82) is 0 Å². The minimum atomic E-state index is -4.02. The third kappa shape index (κ3) is 2.94. The Morgan fingerprint density at radius 3 is 2.73 bits per heavy atom. The van der Waals surface area contributed by atoms with Crippen molar-refractivity contribution < 1.29 is 12.9 Å². The molecule has 2 aromatic heterocycles. The Labute approximate surface area is 172 Å². The van der Waals surface area contributed by atoms with Crippen LogP contribution >= 0.6 is 0 Å². The normalized spacial score (nSPS) is 15.6. The Kier molecular flexibility index (Phi) is 4.30. The number of para-hydroxylation sites is 1. The number of fused-ring (bicyclic) bond motifs is 2. The van der Waals surface area contributed by atoms with Crippen LogP contribution in [0.2, 0.25) is 0 Å². The van der Waals surface area contributed by atoms with E-state index >= 15 is 0 Å². The van der Waals surface area contributed by atoms with Crippen molar-refractivity contribution in [2.75, 3.05) is 20.1 Å². The van der Waals surface area contributed by atoms with E-state index in [0.717, 1.165) is 40.8 Å². The lowest BCUT2D eigenvalue weighted by Crippen LogP contribution is -2.24. The van der Waals surface area contributed by atoms with Crippen LogP contribution in [-0.4, -0.2) is 47.8 Å². The number of benzene rings is 2. The molecule has 8 nitrogen and oxygen atoms in total. The largest absolute Gasteiger partial charge is 0.356 e. The lowest BCUT2D eigenvalue weighted by atomic mass is 10.0. The van der Waals surface area contributed by atoms with E-state index in [0.29, 0.717) is 11.2 Å². The van der Waals surface area contributed by atoms with Gasteiger partial charge in [0.25, 0.3) is 10.0 Å². The van der Waals surface area contributed by atoms with Crippen molar-refractivity contribution in [2.24, 2.45) is 0 Å². The molecule has 9 heteroatoms. The molecule has 4 aromatic rings. The Morgan fingerprint density at radius 2 is 1.93 bits per heavy atom. The standard InChI is InChI=1S/C21H18N4O4S/c1-24-10-8-14(9-11-24)21-16-4-2-3-5-18(16)25(23-21)30(27,28)15-6-7-17-19(26)13-22-29-20(17)12-15/h2-8,12-13H,9-11H2,1H3. The van der Waals surface area contributed by atoms with Crippen LogP contribution in [0, 0.1) is 0 Å². The highest BCUT2D eigenvalue weighted by Crippen LogP contribution is 2.30. The summed E-state index contributed by atoms with van der Waals surface area (Å²) in [6.45, 7) is 1.68. The van der Waals surface area contributed by atoms with Crippen LogP contribution in [0.3, 0.4) is 0 Å². The smallest absolute Gasteiger partial charge is 0.283 e. The second kappa shape index (κ2) is 6.89. The van der Waals surface area contributed by atoms with Gasteiger partial charge in [0.05, 0.1) is 21.5 Å². The average Bonchev–Trinajstić information content (AvgIpc) is 3.15. The van der Waals surface area contributed by atoms with E-state index in [1.54, 1.807) is 12.1 Å². The summed E-state index contributed by atoms with van der Waals surface area (Å²) < 4.78 is 33.1. The van der Waals surface area contributed by atoms with E-state index in [1.807, 2.05) is 19.2 Å². The van der Waals surface area contributed by atoms with Gasteiger partial charge in [0, 0.05) is 24.5 Å². The quantitative estimate of drug-likeness (QED) is 0.500. The maximum absolute atomic E-state index is 13.5. The van der Waals surface area contributed by atoms with Crippen LogP contribution in [0.5, 0.6) is 0 Å². The maximum atomic E-state index is 13.5. The van der Waals surface area contributed by atoms with Gasteiger partial charge in [-0.05, 0) is 37.2 Å². The number of rotatable bonds is 3. The van der Waals surface area contributed by atoms with E-state index in [1.165, 1.54) is 18.2 Å². The van der Waals surface area contributed by atoms with Gasteiger partial charge >= 0.3 is 0 Å². The highest BCUT2D eigenvalue weighted by Gasteiger charge is 2.25. The van der Waals surface area contributed by atoms with E-state index < -0.39 is 10.0 Å². The fourth-order valence-electron chi connectivity index (χ4n) is 3.69. The monoisotopic (exact) mass is 422 g/mol. The van der Waals surface area contributed by atoms with Crippen molar-refractivity contribution in [3.8, 4) is 0 Å². The molecule has 0 N–H and O–H groups in total. The Morgan fingerprint density at radius 1 is 1.10 bits per heavy atom. The lowest BCUT2D eigenvalue weighted by molar-refractivity contribution is 0.370. The molecule has 5 rings (SSSR count). The number of nitrogens with zero attached hydrogens (tertiary/aromatic N) is 4. The first-order chi connectivity index (χ1) is 14.4. The summed E-state index contributed by atoms with van der Waals surface area (Å²) in [5.41, 5.74) is 1.99. The van der Waals surface area contributed by atoms with Gasteiger partial charge in [-0.2, -0.15) is 17.6 Å². The molecule has 0 radical (unpaired) electrons.